The molecule has 0 aliphatic carbocycles. The highest BCUT2D eigenvalue weighted by Crippen LogP contribution is 2.30. The molecule has 2 rings (SSSR count). The molecule has 30 heavy (non-hydrogen) atoms. The zero-order chi connectivity index (χ0) is 21.9. The van der Waals surface area contributed by atoms with Gasteiger partial charge in [0.05, 0.1) is 23.7 Å². The topological polar surface area (TPSA) is 141 Å². The minimum absolute atomic E-state index is 0.0493. The Labute approximate surface area is 179 Å². The number of anilines is 3. The van der Waals surface area contributed by atoms with Crippen molar-refractivity contribution in [2.24, 2.45) is 0 Å². The van der Waals surface area contributed by atoms with E-state index >= 15 is 0 Å². The summed E-state index contributed by atoms with van der Waals surface area (Å²) in [6.07, 6.45) is 3.75. The van der Waals surface area contributed by atoms with Crippen molar-refractivity contribution in [1.29, 1.82) is 0 Å². The predicted octanol–water partition coefficient (Wildman–Crippen LogP) is 2.61. The molecular weight excluding hydrogens is 406 g/mol. The van der Waals surface area contributed by atoms with E-state index < -0.39 is 0 Å². The first kappa shape index (κ1) is 23.6. The van der Waals surface area contributed by atoms with Gasteiger partial charge >= 0.3 is 0 Å². The van der Waals surface area contributed by atoms with Crippen LogP contribution in [0.25, 0.3) is 11.3 Å². The van der Waals surface area contributed by atoms with E-state index in [-0.39, 0.29) is 24.8 Å². The van der Waals surface area contributed by atoms with Crippen molar-refractivity contribution in [1.82, 2.24) is 10.5 Å². The molecule has 10 heteroatoms. The molecule has 0 saturated heterocycles. The molecule has 0 fully saturated rings. The maximum Gasteiger partial charge on any atom is 0.243 e. The number of nitrogens with one attached hydrogen (secondary N) is 2. The Morgan fingerprint density at radius 2 is 1.87 bits per heavy atom. The van der Waals surface area contributed by atoms with E-state index in [2.05, 4.69) is 10.3 Å². The van der Waals surface area contributed by atoms with Crippen molar-refractivity contribution >= 4 is 39.7 Å². The summed E-state index contributed by atoms with van der Waals surface area (Å²) in [7, 11) is 1.86. The molecule has 0 unspecified atom stereocenters. The van der Waals surface area contributed by atoms with E-state index in [4.69, 9.17) is 16.0 Å². The Bertz CT molecular complexity index is 842. The number of nitrogens with two attached hydrogens (primary N) is 1. The molecule has 0 spiro atoms. The summed E-state index contributed by atoms with van der Waals surface area (Å²) < 4.78 is 0. The normalized spacial score (nSPS) is 10.6. The van der Waals surface area contributed by atoms with Crippen LogP contribution in [0.3, 0.4) is 0 Å². The van der Waals surface area contributed by atoms with Crippen LogP contribution in [0.5, 0.6) is 0 Å². The van der Waals surface area contributed by atoms with Gasteiger partial charge in [-0.25, -0.2) is 10.5 Å². The molecule has 0 aliphatic rings. The summed E-state index contributed by atoms with van der Waals surface area (Å²) in [5.74, 6) is -0.481. The Hall–Kier alpha value is -2.69. The van der Waals surface area contributed by atoms with Gasteiger partial charge in [-0.2, -0.15) is 0 Å². The lowest BCUT2D eigenvalue weighted by molar-refractivity contribution is -0.129. The highest BCUT2D eigenvalue weighted by Gasteiger charge is 2.11. The van der Waals surface area contributed by atoms with Gasteiger partial charge in [0.25, 0.3) is 0 Å². The lowest BCUT2D eigenvalue weighted by Crippen LogP contribution is -2.22. The van der Waals surface area contributed by atoms with E-state index in [1.54, 1.807) is 5.48 Å². The number of nitrogens with zero attached hydrogens (tertiary/aromatic N) is 2. The van der Waals surface area contributed by atoms with Crippen LogP contribution in [0.2, 0.25) is 0 Å². The molecule has 0 saturated carbocycles. The summed E-state index contributed by atoms with van der Waals surface area (Å²) in [4.78, 5) is 29.3. The number of amides is 2. The van der Waals surface area contributed by atoms with E-state index in [0.717, 1.165) is 36.2 Å². The molecule has 6 N–H and O–H groups in total. The van der Waals surface area contributed by atoms with Crippen LogP contribution in [0.15, 0.2) is 23.6 Å². The summed E-state index contributed by atoms with van der Waals surface area (Å²) in [5.41, 5.74) is 10.8. The van der Waals surface area contributed by atoms with Crippen LogP contribution in [0.1, 0.15) is 38.5 Å². The molecule has 9 nitrogen and oxygen atoms in total. The van der Waals surface area contributed by atoms with Crippen LogP contribution in [-0.4, -0.2) is 47.3 Å². The van der Waals surface area contributed by atoms with Gasteiger partial charge < -0.3 is 21.1 Å². The van der Waals surface area contributed by atoms with Gasteiger partial charge in [-0.15, -0.1) is 11.3 Å². The predicted molar refractivity (Wildman–Crippen MR) is 119 cm³/mol. The molecule has 1 heterocycles. The Balaban J connectivity index is 1.81. The second-order valence-corrected chi connectivity index (χ2v) is 7.81. The van der Waals surface area contributed by atoms with E-state index in [0.29, 0.717) is 30.2 Å². The summed E-state index contributed by atoms with van der Waals surface area (Å²) in [6, 6.07) is 5.64. The first-order valence-electron chi connectivity index (χ1n) is 9.84. The Morgan fingerprint density at radius 3 is 2.50 bits per heavy atom. The van der Waals surface area contributed by atoms with Crippen LogP contribution in [-0.2, 0) is 9.59 Å². The molecule has 0 bridgehead atoms. The molecule has 2 amide bonds. The molecular formula is C20H29N5O4S. The number of unbranched alkanes of at least 4 members (excludes halogenated alkanes) is 3. The number of aliphatic hydroxyl groups excluding tert-OH is 1. The number of likely N-dealkylation sites (N-methyl/N-ethyl adjacent to an activating group) is 1. The monoisotopic (exact) mass is 435 g/mol. The second-order valence-electron chi connectivity index (χ2n) is 6.95. The first-order chi connectivity index (χ1) is 14.4. The lowest BCUT2D eigenvalue weighted by Gasteiger charge is -2.20. The quantitative estimate of drug-likeness (QED) is 0.149. The number of carbonyl (C=O) groups excluding carboxylic acids is 2. The van der Waals surface area contributed by atoms with Gasteiger partial charge in [0.15, 0.2) is 5.13 Å². The second kappa shape index (κ2) is 12.1. The number of thiazole rings is 1. The number of aromatic nitrogens is 1. The molecule has 0 atom stereocenters. The number of hydroxylamine groups is 1. The average molecular weight is 436 g/mol. The third-order valence-corrected chi connectivity index (χ3v) is 5.36. The maximum absolute atomic E-state index is 12.1. The molecule has 1 aromatic carbocycles. The summed E-state index contributed by atoms with van der Waals surface area (Å²) in [5, 5.41) is 22.7. The number of carbonyl (C=O) groups is 2. The smallest absolute Gasteiger partial charge is 0.243 e. The van der Waals surface area contributed by atoms with Gasteiger partial charge in [-0.05, 0) is 25.0 Å². The van der Waals surface area contributed by atoms with E-state index in [1.807, 2.05) is 35.5 Å². The van der Waals surface area contributed by atoms with Crippen molar-refractivity contribution in [2.45, 2.75) is 38.5 Å². The van der Waals surface area contributed by atoms with E-state index in [1.165, 1.54) is 11.3 Å². The molecule has 1 aromatic heterocycles. The zero-order valence-electron chi connectivity index (χ0n) is 17.1. The maximum atomic E-state index is 12.1. The standard InChI is InChI=1S/C20H29N5O4S/c1-25(10-11-26)17-9-8-14(12-15(17)21)16-13-30-20(22-16)23-18(27)6-4-2-3-5-7-19(28)24-29/h8-9,12-13,26,29H,2-7,10-11,21H2,1H3,(H,24,28)(H,22,23,27). The van der Waals surface area contributed by atoms with Gasteiger partial charge in [0.1, 0.15) is 0 Å². The highest BCUT2D eigenvalue weighted by atomic mass is 32.1. The fourth-order valence-electron chi connectivity index (χ4n) is 2.96. The van der Waals surface area contributed by atoms with Gasteiger partial charge in [0.2, 0.25) is 11.8 Å². The minimum atomic E-state index is -0.388. The van der Waals surface area contributed by atoms with Crippen molar-refractivity contribution in [3.05, 3.63) is 23.6 Å². The third-order valence-electron chi connectivity index (χ3n) is 4.60. The Kier molecular flexibility index (Phi) is 9.52. The van der Waals surface area contributed by atoms with Gasteiger partial charge in [-0.3, -0.25) is 14.8 Å². The SMILES string of the molecule is CN(CCO)c1ccc(-c2csc(NC(=O)CCCCCCC(=O)NO)n2)cc1N. The van der Waals surface area contributed by atoms with Crippen LogP contribution >= 0.6 is 11.3 Å². The first-order valence-corrected chi connectivity index (χ1v) is 10.7. The van der Waals surface area contributed by atoms with E-state index in [9.17, 15) is 9.59 Å². The largest absolute Gasteiger partial charge is 0.397 e. The zero-order valence-corrected chi connectivity index (χ0v) is 17.9. The summed E-state index contributed by atoms with van der Waals surface area (Å²) in [6.45, 7) is 0.544. The minimum Gasteiger partial charge on any atom is -0.397 e. The fraction of sp³-hybridized carbons (Fsp3) is 0.450. The highest BCUT2D eigenvalue weighted by molar-refractivity contribution is 7.14. The Morgan fingerprint density at radius 1 is 1.17 bits per heavy atom. The number of benzene rings is 1. The molecule has 164 valence electrons. The number of hydrogen-bond donors (Lipinski definition) is 5. The number of rotatable bonds is 12. The molecule has 2 aromatic rings. The van der Waals surface area contributed by atoms with Crippen molar-refractivity contribution in [2.75, 3.05) is 36.1 Å². The van der Waals surface area contributed by atoms with Crippen molar-refractivity contribution in [3.63, 3.8) is 0 Å². The van der Waals surface area contributed by atoms with Crippen LogP contribution in [0.4, 0.5) is 16.5 Å². The number of nitrogen functional groups attached to an aromatic ring is 1. The van der Waals surface area contributed by atoms with Crippen LogP contribution in [0, 0.1) is 0 Å². The summed E-state index contributed by atoms with van der Waals surface area (Å²) >= 11 is 1.35. The fourth-order valence-corrected chi connectivity index (χ4v) is 3.69. The number of aliphatic hydroxyl groups is 1. The average Bonchev–Trinajstić information content (AvgIpc) is 3.18. The van der Waals surface area contributed by atoms with Crippen molar-refractivity contribution in [3.8, 4) is 11.3 Å². The van der Waals surface area contributed by atoms with Gasteiger partial charge in [-0.1, -0.05) is 18.9 Å². The van der Waals surface area contributed by atoms with Crippen molar-refractivity contribution < 1.29 is 19.9 Å². The molecule has 0 aliphatic heterocycles. The number of hydrogen-bond acceptors (Lipinski definition) is 8. The van der Waals surface area contributed by atoms with Gasteiger partial charge in [0, 0.05) is 37.4 Å². The van der Waals surface area contributed by atoms with Crippen LogP contribution < -0.4 is 21.4 Å². The third kappa shape index (κ3) is 7.29. The molecule has 0 radical (unpaired) electrons. The lowest BCUT2D eigenvalue weighted by atomic mass is 10.1.